The fraction of sp³-hybridized carbons (Fsp3) is 0.333. The number of aromatic amines is 1. The molecule has 5 heteroatoms. The van der Waals surface area contributed by atoms with Crippen molar-refractivity contribution in [2.75, 3.05) is 6.54 Å². The highest BCUT2D eigenvalue weighted by Crippen LogP contribution is 2.32. The quantitative estimate of drug-likeness (QED) is 0.764. The van der Waals surface area contributed by atoms with E-state index >= 15 is 0 Å². The summed E-state index contributed by atoms with van der Waals surface area (Å²) in [6.45, 7) is 0.846. The summed E-state index contributed by atoms with van der Waals surface area (Å²) in [6.07, 6.45) is 7.26. The molecule has 3 heterocycles. The van der Waals surface area contributed by atoms with Crippen LogP contribution in [0.3, 0.4) is 0 Å². The average molecular weight is 348 g/mol. The summed E-state index contributed by atoms with van der Waals surface area (Å²) in [5.74, 6) is 0.229. The van der Waals surface area contributed by atoms with E-state index in [0.29, 0.717) is 6.42 Å². The monoisotopic (exact) mass is 348 g/mol. The number of likely N-dealkylation sites (tertiary alicyclic amines) is 1. The Balaban J connectivity index is 1.39. The summed E-state index contributed by atoms with van der Waals surface area (Å²) in [5, 5.41) is 4.25. The van der Waals surface area contributed by atoms with Gasteiger partial charge in [0.15, 0.2) is 0 Å². The summed E-state index contributed by atoms with van der Waals surface area (Å²) in [6, 6.07) is 14.6. The van der Waals surface area contributed by atoms with Crippen LogP contribution in [0, 0.1) is 0 Å². The maximum atomic E-state index is 12.8. The third-order valence-corrected chi connectivity index (χ3v) is 5.12. The molecular weight excluding hydrogens is 324 g/mol. The van der Waals surface area contributed by atoms with Crippen LogP contribution in [0.5, 0.6) is 0 Å². The number of nitrogens with zero attached hydrogens (tertiary/aromatic N) is 3. The van der Waals surface area contributed by atoms with Crippen LogP contribution >= 0.6 is 0 Å². The van der Waals surface area contributed by atoms with E-state index in [1.807, 2.05) is 42.5 Å². The zero-order valence-electron chi connectivity index (χ0n) is 15.1. The van der Waals surface area contributed by atoms with Crippen LogP contribution in [0.15, 0.2) is 54.9 Å². The van der Waals surface area contributed by atoms with E-state index in [2.05, 4.69) is 34.3 Å². The first-order chi connectivity index (χ1) is 12.7. The number of hydrogen-bond acceptors (Lipinski definition) is 2. The maximum Gasteiger partial charge on any atom is 0.223 e. The fourth-order valence-electron chi connectivity index (χ4n) is 3.78. The molecule has 1 saturated heterocycles. The lowest BCUT2D eigenvalue weighted by molar-refractivity contribution is -0.132. The summed E-state index contributed by atoms with van der Waals surface area (Å²) in [7, 11) is 1.92. The number of carbonyl (C=O) groups is 1. The van der Waals surface area contributed by atoms with E-state index in [-0.39, 0.29) is 11.9 Å². The third kappa shape index (κ3) is 3.43. The van der Waals surface area contributed by atoms with E-state index in [0.717, 1.165) is 42.8 Å². The minimum absolute atomic E-state index is 0.180. The summed E-state index contributed by atoms with van der Waals surface area (Å²) in [4.78, 5) is 18.2. The maximum absolute atomic E-state index is 12.8. The zero-order chi connectivity index (χ0) is 17.9. The second-order valence-corrected chi connectivity index (χ2v) is 6.96. The summed E-state index contributed by atoms with van der Waals surface area (Å²) in [5.41, 5.74) is 4.52. The van der Waals surface area contributed by atoms with Crippen molar-refractivity contribution in [2.24, 2.45) is 7.05 Å². The highest BCUT2D eigenvalue weighted by molar-refractivity contribution is 5.77. The number of amides is 1. The summed E-state index contributed by atoms with van der Waals surface area (Å²) < 4.78 is 1.81. The molecule has 1 atom stereocenters. The van der Waals surface area contributed by atoms with Crippen LogP contribution in [0.2, 0.25) is 0 Å². The van der Waals surface area contributed by atoms with E-state index < -0.39 is 0 Å². The van der Waals surface area contributed by atoms with Crippen LogP contribution in [0.4, 0.5) is 0 Å². The van der Waals surface area contributed by atoms with Gasteiger partial charge in [0.05, 0.1) is 12.2 Å². The van der Waals surface area contributed by atoms with E-state index in [1.54, 1.807) is 4.68 Å². The van der Waals surface area contributed by atoms with Crippen molar-refractivity contribution in [3.8, 4) is 11.3 Å². The molecule has 26 heavy (non-hydrogen) atoms. The van der Waals surface area contributed by atoms with Crippen LogP contribution in [-0.2, 0) is 18.3 Å². The molecule has 3 aromatic rings. The van der Waals surface area contributed by atoms with Gasteiger partial charge in [-0.2, -0.15) is 5.10 Å². The first kappa shape index (κ1) is 16.6. The smallest absolute Gasteiger partial charge is 0.223 e. The molecule has 1 aliphatic rings. The molecule has 1 aromatic carbocycles. The van der Waals surface area contributed by atoms with Gasteiger partial charge in [-0.25, -0.2) is 0 Å². The lowest BCUT2D eigenvalue weighted by atomic mass is 10.1. The Morgan fingerprint density at radius 3 is 2.85 bits per heavy atom. The van der Waals surface area contributed by atoms with Gasteiger partial charge in [-0.05, 0) is 37.0 Å². The molecular formula is C21H24N4O. The Labute approximate surface area is 153 Å². The lowest BCUT2D eigenvalue weighted by Crippen LogP contribution is -2.30. The van der Waals surface area contributed by atoms with Gasteiger partial charge in [-0.15, -0.1) is 0 Å². The lowest BCUT2D eigenvalue weighted by Gasteiger charge is -2.23. The van der Waals surface area contributed by atoms with Gasteiger partial charge >= 0.3 is 0 Å². The topological polar surface area (TPSA) is 53.9 Å². The predicted octanol–water partition coefficient (Wildman–Crippen LogP) is 3.71. The second kappa shape index (κ2) is 7.20. The minimum Gasteiger partial charge on any atom is -0.358 e. The molecule has 1 aliphatic heterocycles. The number of aromatic nitrogens is 3. The molecule has 1 amide bonds. The zero-order valence-corrected chi connectivity index (χ0v) is 15.1. The Morgan fingerprint density at radius 1 is 1.23 bits per heavy atom. The molecule has 1 fully saturated rings. The Bertz CT molecular complexity index is 880. The number of H-pyrrole nitrogens is 1. The number of nitrogens with one attached hydrogen (secondary N) is 1. The van der Waals surface area contributed by atoms with Gasteiger partial charge in [0.1, 0.15) is 0 Å². The highest BCUT2D eigenvalue weighted by atomic mass is 16.2. The highest BCUT2D eigenvalue weighted by Gasteiger charge is 2.30. The van der Waals surface area contributed by atoms with Crippen LogP contribution < -0.4 is 0 Å². The molecule has 0 unspecified atom stereocenters. The van der Waals surface area contributed by atoms with Crippen LogP contribution in [0.1, 0.15) is 36.6 Å². The van der Waals surface area contributed by atoms with Gasteiger partial charge in [-0.3, -0.25) is 9.48 Å². The van der Waals surface area contributed by atoms with Crippen molar-refractivity contribution >= 4 is 5.91 Å². The molecule has 5 nitrogen and oxygen atoms in total. The fourth-order valence-corrected chi connectivity index (χ4v) is 3.78. The number of hydrogen-bond donors (Lipinski definition) is 1. The number of aryl methyl sites for hydroxylation is 2. The number of rotatable bonds is 5. The van der Waals surface area contributed by atoms with Crippen molar-refractivity contribution < 1.29 is 4.79 Å². The largest absolute Gasteiger partial charge is 0.358 e. The van der Waals surface area contributed by atoms with Gasteiger partial charge in [0, 0.05) is 43.2 Å². The van der Waals surface area contributed by atoms with Crippen molar-refractivity contribution in [2.45, 2.75) is 31.7 Å². The number of benzene rings is 1. The molecule has 4 rings (SSSR count). The molecule has 0 saturated carbocycles. The van der Waals surface area contributed by atoms with E-state index in [1.165, 1.54) is 5.56 Å². The number of carbonyl (C=O) groups excluding carboxylic acids is 1. The first-order valence-electron chi connectivity index (χ1n) is 9.22. The SMILES string of the molecule is Cn1cc([C@@H]2CCCN2C(=O)CCc2ccc(-c3ccccc3)[nH]2)cn1. The van der Waals surface area contributed by atoms with Gasteiger partial charge in [0.25, 0.3) is 0 Å². The average Bonchev–Trinajstić information content (AvgIpc) is 3.40. The Kier molecular flexibility index (Phi) is 4.61. The third-order valence-electron chi connectivity index (χ3n) is 5.12. The normalized spacial score (nSPS) is 17.0. The van der Waals surface area contributed by atoms with Gasteiger partial charge < -0.3 is 9.88 Å². The molecule has 134 valence electrons. The molecule has 0 spiro atoms. The standard InChI is InChI=1S/C21H24N4O/c1-24-15-17(14-22-24)20-8-5-13-25(20)21(26)12-10-18-9-11-19(23-18)16-6-3-2-4-7-16/h2-4,6-7,9,11,14-15,20,23H,5,8,10,12-13H2,1H3/t20-/m0/s1. The Morgan fingerprint density at radius 2 is 2.08 bits per heavy atom. The van der Waals surface area contributed by atoms with Crippen molar-refractivity contribution in [1.82, 2.24) is 19.7 Å². The van der Waals surface area contributed by atoms with Crippen molar-refractivity contribution in [1.29, 1.82) is 0 Å². The van der Waals surface area contributed by atoms with E-state index in [9.17, 15) is 4.79 Å². The van der Waals surface area contributed by atoms with E-state index in [4.69, 9.17) is 0 Å². The first-order valence-corrected chi connectivity index (χ1v) is 9.22. The van der Waals surface area contributed by atoms with Crippen molar-refractivity contribution in [3.05, 3.63) is 66.1 Å². The molecule has 0 bridgehead atoms. The molecule has 0 radical (unpaired) electrons. The minimum atomic E-state index is 0.180. The van der Waals surface area contributed by atoms with Gasteiger partial charge in [-0.1, -0.05) is 30.3 Å². The van der Waals surface area contributed by atoms with Crippen LogP contribution in [0.25, 0.3) is 11.3 Å². The van der Waals surface area contributed by atoms with Crippen molar-refractivity contribution in [3.63, 3.8) is 0 Å². The van der Waals surface area contributed by atoms with Crippen LogP contribution in [-0.4, -0.2) is 32.1 Å². The predicted molar refractivity (Wildman–Crippen MR) is 101 cm³/mol. The molecule has 1 N–H and O–H groups in total. The molecule has 2 aromatic heterocycles. The Hall–Kier alpha value is -2.82. The molecule has 0 aliphatic carbocycles. The van der Waals surface area contributed by atoms with Gasteiger partial charge in [0.2, 0.25) is 5.91 Å². The second-order valence-electron chi connectivity index (χ2n) is 6.96. The summed E-state index contributed by atoms with van der Waals surface area (Å²) >= 11 is 0.